The second kappa shape index (κ2) is 6.24. The molecule has 112 valence electrons. The lowest BCUT2D eigenvalue weighted by atomic mass is 10.3. The summed E-state index contributed by atoms with van der Waals surface area (Å²) in [5.74, 6) is 0.0353. The summed E-state index contributed by atoms with van der Waals surface area (Å²) in [6, 6.07) is 4.01. The number of aryl methyl sites for hydroxylation is 1. The maximum absolute atomic E-state index is 11.9. The number of rotatable bonds is 5. The first-order valence-corrected chi connectivity index (χ1v) is 7.30. The minimum absolute atomic E-state index is 0.0353. The van der Waals surface area contributed by atoms with Gasteiger partial charge < -0.3 is 9.72 Å². The van der Waals surface area contributed by atoms with Crippen molar-refractivity contribution >= 4 is 11.6 Å². The Morgan fingerprint density at radius 1 is 1.52 bits per heavy atom. The lowest BCUT2D eigenvalue weighted by molar-refractivity contribution is -0.130. The molecule has 1 fully saturated rings. The molecule has 0 aliphatic carbocycles. The topological polar surface area (TPSA) is 58.9 Å². The van der Waals surface area contributed by atoms with Crippen molar-refractivity contribution in [1.82, 2.24) is 19.8 Å². The van der Waals surface area contributed by atoms with Gasteiger partial charge in [-0.05, 0) is 25.0 Å². The second-order valence-corrected chi connectivity index (χ2v) is 5.28. The van der Waals surface area contributed by atoms with E-state index in [1.165, 1.54) is 0 Å². The molecule has 1 saturated heterocycles. The van der Waals surface area contributed by atoms with Gasteiger partial charge in [-0.3, -0.25) is 9.63 Å². The molecule has 21 heavy (non-hydrogen) atoms. The van der Waals surface area contributed by atoms with Crippen LogP contribution in [-0.4, -0.2) is 40.1 Å². The third-order valence-corrected chi connectivity index (χ3v) is 3.69. The molecule has 0 saturated carbocycles. The van der Waals surface area contributed by atoms with E-state index in [0.717, 1.165) is 36.5 Å². The van der Waals surface area contributed by atoms with Gasteiger partial charge in [0, 0.05) is 25.7 Å². The molecule has 6 heteroatoms. The Morgan fingerprint density at radius 3 is 3.24 bits per heavy atom. The summed E-state index contributed by atoms with van der Waals surface area (Å²) in [6.07, 6.45) is 5.28. The first-order valence-electron chi connectivity index (χ1n) is 7.30. The van der Waals surface area contributed by atoms with Crippen molar-refractivity contribution in [1.29, 1.82) is 0 Å². The van der Waals surface area contributed by atoms with Crippen molar-refractivity contribution in [2.75, 3.05) is 19.7 Å². The second-order valence-electron chi connectivity index (χ2n) is 5.28. The predicted molar refractivity (Wildman–Crippen MR) is 78.5 cm³/mol. The first kappa shape index (κ1) is 14.0. The molecule has 1 amide bonds. The molecule has 0 radical (unpaired) electrons. The lowest BCUT2D eigenvalue weighted by Crippen LogP contribution is -2.28. The highest BCUT2D eigenvalue weighted by Crippen LogP contribution is 2.11. The van der Waals surface area contributed by atoms with E-state index in [-0.39, 0.29) is 5.91 Å². The number of imidazole rings is 1. The van der Waals surface area contributed by atoms with E-state index >= 15 is 0 Å². The predicted octanol–water partition coefficient (Wildman–Crippen LogP) is 1.29. The van der Waals surface area contributed by atoms with Crippen LogP contribution in [-0.2, 0) is 16.2 Å². The Labute approximate surface area is 123 Å². The molecular formula is C15H20N4O2. The van der Waals surface area contributed by atoms with Gasteiger partial charge in [0.25, 0.3) is 0 Å². The number of pyridine rings is 1. The summed E-state index contributed by atoms with van der Waals surface area (Å²) in [5, 5.41) is 4.80. The minimum Gasteiger partial charge on any atom is -0.350 e. The van der Waals surface area contributed by atoms with Crippen molar-refractivity contribution in [2.24, 2.45) is 0 Å². The third-order valence-electron chi connectivity index (χ3n) is 3.69. The highest BCUT2D eigenvalue weighted by Gasteiger charge is 2.14. The zero-order valence-electron chi connectivity index (χ0n) is 12.2. The van der Waals surface area contributed by atoms with Gasteiger partial charge in [-0.1, -0.05) is 6.07 Å². The Morgan fingerprint density at radius 2 is 2.43 bits per heavy atom. The molecule has 0 aromatic carbocycles. The number of nitrogens with one attached hydrogen (secondary N) is 1. The van der Waals surface area contributed by atoms with Gasteiger partial charge in [0.1, 0.15) is 5.65 Å². The summed E-state index contributed by atoms with van der Waals surface area (Å²) >= 11 is 0. The smallest absolute Gasteiger partial charge is 0.221 e. The number of carbonyl (C=O) groups excluding carboxylic acids is 1. The van der Waals surface area contributed by atoms with Crippen LogP contribution >= 0.6 is 0 Å². The quantitative estimate of drug-likeness (QED) is 0.900. The van der Waals surface area contributed by atoms with E-state index in [4.69, 9.17) is 4.84 Å². The van der Waals surface area contributed by atoms with E-state index in [0.29, 0.717) is 19.5 Å². The molecule has 2 aromatic heterocycles. The summed E-state index contributed by atoms with van der Waals surface area (Å²) in [5.41, 5.74) is 3.05. The molecule has 3 heterocycles. The monoisotopic (exact) mass is 288 g/mol. The molecular weight excluding hydrogens is 268 g/mol. The summed E-state index contributed by atoms with van der Waals surface area (Å²) in [6.45, 7) is 4.85. The minimum atomic E-state index is 0.0353. The fourth-order valence-corrected chi connectivity index (χ4v) is 2.51. The highest BCUT2D eigenvalue weighted by atomic mass is 16.7. The maximum Gasteiger partial charge on any atom is 0.221 e. The Kier molecular flexibility index (Phi) is 4.17. The number of fused-ring (bicyclic) bond motifs is 1. The van der Waals surface area contributed by atoms with Crippen LogP contribution in [0.1, 0.15) is 24.1 Å². The number of nitrogens with zero attached hydrogens (tertiary/aromatic N) is 3. The summed E-state index contributed by atoms with van der Waals surface area (Å²) in [7, 11) is 0. The Balaban J connectivity index is 1.53. The zero-order valence-corrected chi connectivity index (χ0v) is 12.2. The molecule has 0 unspecified atom stereocenters. The fourth-order valence-electron chi connectivity index (χ4n) is 2.51. The van der Waals surface area contributed by atoms with E-state index in [1.54, 1.807) is 0 Å². The van der Waals surface area contributed by atoms with Crippen LogP contribution < -0.4 is 5.32 Å². The van der Waals surface area contributed by atoms with Gasteiger partial charge >= 0.3 is 0 Å². The van der Waals surface area contributed by atoms with Gasteiger partial charge in [0.05, 0.1) is 25.0 Å². The van der Waals surface area contributed by atoms with E-state index in [2.05, 4.69) is 10.3 Å². The number of amides is 1. The fraction of sp³-hybridized carbons (Fsp3) is 0.467. The van der Waals surface area contributed by atoms with Crippen molar-refractivity contribution in [3.05, 3.63) is 35.8 Å². The van der Waals surface area contributed by atoms with E-state index < -0.39 is 0 Å². The standard InChI is InChI=1S/C15H20N4O2/c1-12-4-2-7-19-13(11-17-15(12)19)10-16-14(20)5-8-18-6-3-9-21-18/h2,4,7,11H,3,5-6,8-10H2,1H3,(H,16,20). The number of hydroxylamine groups is 2. The normalized spacial score (nSPS) is 15.7. The van der Waals surface area contributed by atoms with Gasteiger partial charge in [-0.15, -0.1) is 0 Å². The average molecular weight is 288 g/mol. The Hall–Kier alpha value is -1.92. The van der Waals surface area contributed by atoms with E-state index in [9.17, 15) is 4.79 Å². The highest BCUT2D eigenvalue weighted by molar-refractivity contribution is 5.76. The first-order chi connectivity index (χ1) is 10.2. The van der Waals surface area contributed by atoms with Gasteiger partial charge in [0.2, 0.25) is 5.91 Å². The number of hydrogen-bond donors (Lipinski definition) is 1. The molecule has 1 N–H and O–H groups in total. The molecule has 2 aromatic rings. The molecule has 0 bridgehead atoms. The van der Waals surface area contributed by atoms with E-state index in [1.807, 2.05) is 40.9 Å². The third kappa shape index (κ3) is 3.22. The molecule has 0 spiro atoms. The lowest BCUT2D eigenvalue weighted by Gasteiger charge is -2.13. The molecule has 6 nitrogen and oxygen atoms in total. The van der Waals surface area contributed by atoms with Crippen LogP contribution in [0.5, 0.6) is 0 Å². The van der Waals surface area contributed by atoms with Crippen molar-refractivity contribution < 1.29 is 9.63 Å². The van der Waals surface area contributed by atoms with Gasteiger partial charge in [-0.25, -0.2) is 4.98 Å². The van der Waals surface area contributed by atoms with Gasteiger partial charge in [0.15, 0.2) is 0 Å². The number of aromatic nitrogens is 2. The largest absolute Gasteiger partial charge is 0.350 e. The van der Waals surface area contributed by atoms with Crippen LogP contribution in [0.15, 0.2) is 24.5 Å². The van der Waals surface area contributed by atoms with Crippen LogP contribution in [0.2, 0.25) is 0 Å². The van der Waals surface area contributed by atoms with Crippen LogP contribution in [0.4, 0.5) is 0 Å². The molecule has 1 aliphatic rings. The average Bonchev–Trinajstić information content (AvgIpc) is 3.13. The van der Waals surface area contributed by atoms with Crippen LogP contribution in [0.25, 0.3) is 5.65 Å². The van der Waals surface area contributed by atoms with Crippen molar-refractivity contribution in [3.63, 3.8) is 0 Å². The maximum atomic E-state index is 11.9. The summed E-state index contributed by atoms with van der Waals surface area (Å²) < 4.78 is 2.01. The van der Waals surface area contributed by atoms with Crippen LogP contribution in [0.3, 0.4) is 0 Å². The van der Waals surface area contributed by atoms with Gasteiger partial charge in [-0.2, -0.15) is 5.06 Å². The zero-order chi connectivity index (χ0) is 14.7. The van der Waals surface area contributed by atoms with Crippen LogP contribution in [0, 0.1) is 6.92 Å². The number of carbonyl (C=O) groups is 1. The van der Waals surface area contributed by atoms with Crippen molar-refractivity contribution in [2.45, 2.75) is 26.3 Å². The number of hydrogen-bond acceptors (Lipinski definition) is 4. The molecule has 3 rings (SSSR count). The molecule has 1 aliphatic heterocycles. The summed E-state index contributed by atoms with van der Waals surface area (Å²) in [4.78, 5) is 21.6. The Bertz CT molecular complexity index is 632. The SMILES string of the molecule is Cc1cccn2c(CNC(=O)CCN3CCCO3)cnc12. The van der Waals surface area contributed by atoms with Crippen molar-refractivity contribution in [3.8, 4) is 0 Å². The molecule has 0 atom stereocenters.